The zero-order chi connectivity index (χ0) is 12.0. The maximum atomic E-state index is 4.19. The van der Waals surface area contributed by atoms with Crippen LogP contribution in [-0.4, -0.2) is 16.8 Å². The van der Waals surface area contributed by atoms with E-state index in [4.69, 9.17) is 0 Å². The fraction of sp³-hybridized carbons (Fsp3) is 0.615. The fourth-order valence-corrected chi connectivity index (χ4v) is 1.71. The van der Waals surface area contributed by atoms with Gasteiger partial charge in [0.2, 0.25) is 0 Å². The van der Waals surface area contributed by atoms with Crippen LogP contribution >= 0.6 is 0 Å². The molecule has 1 heterocycles. The molecule has 0 bridgehead atoms. The predicted molar refractivity (Wildman–Crippen MR) is 68.2 cm³/mol. The summed E-state index contributed by atoms with van der Waals surface area (Å²) in [6.45, 7) is 4.47. The smallest absolute Gasteiger partial charge is 0.0553 e. The van der Waals surface area contributed by atoms with Crippen molar-refractivity contribution in [1.82, 2.24) is 15.1 Å². The van der Waals surface area contributed by atoms with Crippen LogP contribution in [0.3, 0.4) is 0 Å². The van der Waals surface area contributed by atoms with Gasteiger partial charge in [0, 0.05) is 13.2 Å². The van der Waals surface area contributed by atoms with E-state index in [1.54, 1.807) is 0 Å². The molecule has 0 fully saturated rings. The third kappa shape index (κ3) is 3.81. The van der Waals surface area contributed by atoms with Crippen molar-refractivity contribution < 1.29 is 0 Å². The summed E-state index contributed by atoms with van der Waals surface area (Å²) in [6, 6.07) is 2.42. The molecule has 16 heavy (non-hydrogen) atoms. The minimum absolute atomic E-state index is 0.357. The summed E-state index contributed by atoms with van der Waals surface area (Å²) in [7, 11) is 3.98. The third-order valence-corrected chi connectivity index (χ3v) is 2.71. The standard InChI is InChI=1S/C13H23N3/c1-11(2)7-5-6-8-12(14-3)13-9-10-15-16(13)4/h5-6,9-12,14H,7-8H2,1-4H3/b6-5+. The first-order chi connectivity index (χ1) is 7.65. The van der Waals surface area contributed by atoms with Crippen LogP contribution in [0.2, 0.25) is 0 Å². The molecule has 0 radical (unpaired) electrons. The van der Waals surface area contributed by atoms with Crippen molar-refractivity contribution in [3.63, 3.8) is 0 Å². The monoisotopic (exact) mass is 221 g/mol. The van der Waals surface area contributed by atoms with E-state index in [1.807, 2.05) is 25.0 Å². The van der Waals surface area contributed by atoms with Crippen LogP contribution in [0.5, 0.6) is 0 Å². The Morgan fingerprint density at radius 1 is 1.38 bits per heavy atom. The maximum absolute atomic E-state index is 4.19. The van der Waals surface area contributed by atoms with E-state index in [9.17, 15) is 0 Å². The molecule has 3 heteroatoms. The molecule has 0 amide bonds. The summed E-state index contributed by atoms with van der Waals surface area (Å²) >= 11 is 0. The largest absolute Gasteiger partial charge is 0.311 e. The Morgan fingerprint density at radius 2 is 2.06 bits per heavy atom. The van der Waals surface area contributed by atoms with E-state index in [0.717, 1.165) is 18.8 Å². The summed E-state index contributed by atoms with van der Waals surface area (Å²) in [4.78, 5) is 0. The molecule has 0 aliphatic carbocycles. The van der Waals surface area contributed by atoms with Gasteiger partial charge in [0.05, 0.1) is 11.7 Å². The van der Waals surface area contributed by atoms with Gasteiger partial charge in [-0.05, 0) is 31.9 Å². The van der Waals surface area contributed by atoms with Gasteiger partial charge in [-0.25, -0.2) is 0 Å². The van der Waals surface area contributed by atoms with E-state index < -0.39 is 0 Å². The molecule has 1 N–H and O–H groups in total. The van der Waals surface area contributed by atoms with Crippen LogP contribution in [-0.2, 0) is 7.05 Å². The summed E-state index contributed by atoms with van der Waals surface area (Å²) in [6.07, 6.45) is 8.54. The quantitative estimate of drug-likeness (QED) is 0.748. The first-order valence-corrected chi connectivity index (χ1v) is 5.95. The molecule has 0 spiro atoms. The number of allylic oxidation sites excluding steroid dienone is 1. The summed E-state index contributed by atoms with van der Waals surface area (Å²) < 4.78 is 1.93. The van der Waals surface area contributed by atoms with Crippen LogP contribution < -0.4 is 5.32 Å². The van der Waals surface area contributed by atoms with Gasteiger partial charge in [-0.3, -0.25) is 4.68 Å². The maximum Gasteiger partial charge on any atom is 0.0553 e. The van der Waals surface area contributed by atoms with Crippen LogP contribution in [0.15, 0.2) is 24.4 Å². The average Bonchev–Trinajstić information content (AvgIpc) is 2.65. The highest BCUT2D eigenvalue weighted by Crippen LogP contribution is 2.15. The highest BCUT2D eigenvalue weighted by Gasteiger charge is 2.10. The van der Waals surface area contributed by atoms with Gasteiger partial charge in [-0.2, -0.15) is 5.10 Å². The lowest BCUT2D eigenvalue weighted by Gasteiger charge is -2.14. The molecule has 1 aromatic heterocycles. The number of aryl methyl sites for hydroxylation is 1. The van der Waals surface area contributed by atoms with Crippen molar-refractivity contribution >= 4 is 0 Å². The molecule has 0 aliphatic heterocycles. The molecular formula is C13H23N3. The van der Waals surface area contributed by atoms with Gasteiger partial charge in [-0.15, -0.1) is 0 Å². The van der Waals surface area contributed by atoms with Gasteiger partial charge in [0.25, 0.3) is 0 Å². The molecular weight excluding hydrogens is 198 g/mol. The van der Waals surface area contributed by atoms with Crippen molar-refractivity contribution in [3.8, 4) is 0 Å². The first-order valence-electron chi connectivity index (χ1n) is 5.95. The zero-order valence-electron chi connectivity index (χ0n) is 10.8. The highest BCUT2D eigenvalue weighted by molar-refractivity contribution is 5.08. The van der Waals surface area contributed by atoms with Gasteiger partial charge in [0.15, 0.2) is 0 Å². The van der Waals surface area contributed by atoms with Crippen LogP contribution in [0.1, 0.15) is 38.4 Å². The zero-order valence-corrected chi connectivity index (χ0v) is 10.8. The van der Waals surface area contributed by atoms with Gasteiger partial charge < -0.3 is 5.32 Å². The molecule has 1 atom stereocenters. The number of hydrogen-bond acceptors (Lipinski definition) is 2. The number of hydrogen-bond donors (Lipinski definition) is 1. The Kier molecular flexibility index (Phi) is 5.26. The van der Waals surface area contributed by atoms with Crippen molar-refractivity contribution in [1.29, 1.82) is 0 Å². The Labute approximate surface area is 98.5 Å². The molecule has 3 nitrogen and oxygen atoms in total. The molecule has 0 saturated heterocycles. The molecule has 1 unspecified atom stereocenters. The van der Waals surface area contributed by atoms with E-state index in [-0.39, 0.29) is 0 Å². The van der Waals surface area contributed by atoms with Crippen LogP contribution in [0.25, 0.3) is 0 Å². The van der Waals surface area contributed by atoms with E-state index in [0.29, 0.717) is 6.04 Å². The molecule has 0 aromatic carbocycles. The second kappa shape index (κ2) is 6.48. The van der Waals surface area contributed by atoms with Gasteiger partial charge in [-0.1, -0.05) is 26.0 Å². The second-order valence-corrected chi connectivity index (χ2v) is 4.56. The number of nitrogens with zero attached hydrogens (tertiary/aromatic N) is 2. The lowest BCUT2D eigenvalue weighted by atomic mass is 10.1. The first kappa shape index (κ1) is 13.0. The summed E-state index contributed by atoms with van der Waals surface area (Å²) in [5.41, 5.74) is 1.23. The number of rotatable bonds is 6. The molecule has 0 aliphatic rings. The minimum atomic E-state index is 0.357. The average molecular weight is 221 g/mol. The van der Waals surface area contributed by atoms with Gasteiger partial charge >= 0.3 is 0 Å². The topological polar surface area (TPSA) is 29.9 Å². The summed E-state index contributed by atoms with van der Waals surface area (Å²) in [5, 5.41) is 7.52. The Morgan fingerprint density at radius 3 is 2.56 bits per heavy atom. The van der Waals surface area contributed by atoms with Crippen molar-refractivity contribution in [2.45, 2.75) is 32.7 Å². The van der Waals surface area contributed by atoms with Gasteiger partial charge in [0.1, 0.15) is 0 Å². The second-order valence-electron chi connectivity index (χ2n) is 4.56. The van der Waals surface area contributed by atoms with Crippen LogP contribution in [0, 0.1) is 5.92 Å². The lowest BCUT2D eigenvalue weighted by Crippen LogP contribution is -2.18. The molecule has 90 valence electrons. The Bertz CT molecular complexity index is 326. The van der Waals surface area contributed by atoms with E-state index in [1.165, 1.54) is 5.69 Å². The third-order valence-electron chi connectivity index (χ3n) is 2.71. The Balaban J connectivity index is 2.50. The predicted octanol–water partition coefficient (Wildman–Crippen LogP) is 2.67. The van der Waals surface area contributed by atoms with Crippen LogP contribution in [0.4, 0.5) is 0 Å². The van der Waals surface area contributed by atoms with E-state index in [2.05, 4.69) is 42.5 Å². The number of nitrogens with one attached hydrogen (secondary N) is 1. The molecule has 1 aromatic rings. The fourth-order valence-electron chi connectivity index (χ4n) is 1.71. The van der Waals surface area contributed by atoms with Crippen molar-refractivity contribution in [2.75, 3.05) is 7.05 Å². The minimum Gasteiger partial charge on any atom is -0.311 e. The SMILES string of the molecule is CNC(C/C=C/CC(C)C)c1ccnn1C. The van der Waals surface area contributed by atoms with E-state index >= 15 is 0 Å². The lowest BCUT2D eigenvalue weighted by molar-refractivity contribution is 0.544. The molecule has 1 rings (SSSR count). The molecule has 0 saturated carbocycles. The number of aromatic nitrogens is 2. The highest BCUT2D eigenvalue weighted by atomic mass is 15.3. The summed E-state index contributed by atoms with van der Waals surface area (Å²) in [5.74, 6) is 0.737. The Hall–Kier alpha value is -1.09. The normalized spacial score (nSPS) is 13.8. The van der Waals surface area contributed by atoms with Crippen molar-refractivity contribution in [3.05, 3.63) is 30.1 Å². The van der Waals surface area contributed by atoms with Crippen molar-refractivity contribution in [2.24, 2.45) is 13.0 Å².